The molecule has 5 heteroatoms. The van der Waals surface area contributed by atoms with Crippen LogP contribution in [0.4, 0.5) is 13.2 Å². The van der Waals surface area contributed by atoms with Gasteiger partial charge in [-0.2, -0.15) is 13.2 Å². The van der Waals surface area contributed by atoms with E-state index in [2.05, 4.69) is 6.58 Å². The zero-order chi connectivity index (χ0) is 12.5. The molecule has 1 aromatic rings. The first-order valence-electron chi connectivity index (χ1n) is 4.31. The highest BCUT2D eigenvalue weighted by atomic mass is 35.5. The molecule has 1 aromatic carbocycles. The number of carbonyl (C=O) groups is 1. The number of carbonyl (C=O) groups excluding carboxylic acids is 1. The second kappa shape index (κ2) is 4.29. The first kappa shape index (κ1) is 12.8. The summed E-state index contributed by atoms with van der Waals surface area (Å²) in [7, 11) is 0. The maximum absolute atomic E-state index is 12.6. The lowest BCUT2D eigenvalue weighted by Crippen LogP contribution is -2.10. The number of benzene rings is 1. The molecular formula is C11H8ClF3O. The second-order valence-corrected chi connectivity index (χ2v) is 3.57. The van der Waals surface area contributed by atoms with Gasteiger partial charge in [-0.15, -0.1) is 0 Å². The Bertz CT molecular complexity index is 449. The van der Waals surface area contributed by atoms with Crippen LogP contribution in [0.5, 0.6) is 0 Å². The largest absolute Gasteiger partial charge is 0.417 e. The average Bonchev–Trinajstić information content (AvgIpc) is 2.14. The van der Waals surface area contributed by atoms with Gasteiger partial charge in [0.25, 0.3) is 5.24 Å². The third kappa shape index (κ3) is 2.44. The Kier molecular flexibility index (Phi) is 3.43. The fraction of sp³-hybridized carbons (Fsp3) is 0.182. The van der Waals surface area contributed by atoms with E-state index >= 15 is 0 Å². The third-order valence-corrected chi connectivity index (χ3v) is 2.34. The Morgan fingerprint density at radius 2 is 2.00 bits per heavy atom. The van der Waals surface area contributed by atoms with E-state index in [0.717, 1.165) is 12.1 Å². The maximum Gasteiger partial charge on any atom is 0.417 e. The van der Waals surface area contributed by atoms with Crippen LogP contribution in [0.3, 0.4) is 0 Å². The number of halogens is 4. The third-order valence-electron chi connectivity index (χ3n) is 2.13. The van der Waals surface area contributed by atoms with E-state index in [4.69, 9.17) is 11.6 Å². The maximum atomic E-state index is 12.6. The molecule has 0 unspecified atom stereocenters. The lowest BCUT2D eigenvalue weighted by atomic mass is 9.99. The van der Waals surface area contributed by atoms with E-state index in [1.165, 1.54) is 13.0 Å². The van der Waals surface area contributed by atoms with Crippen LogP contribution in [0.15, 0.2) is 18.7 Å². The lowest BCUT2D eigenvalue weighted by molar-refractivity contribution is -0.137. The van der Waals surface area contributed by atoms with Gasteiger partial charge in [0.2, 0.25) is 0 Å². The molecule has 0 aliphatic carbocycles. The molecule has 0 saturated carbocycles. The summed E-state index contributed by atoms with van der Waals surface area (Å²) in [4.78, 5) is 10.9. The highest BCUT2D eigenvalue weighted by molar-refractivity contribution is 6.67. The molecule has 86 valence electrons. The van der Waals surface area contributed by atoms with Gasteiger partial charge in [0, 0.05) is 5.56 Å². The first-order valence-corrected chi connectivity index (χ1v) is 4.69. The Labute approximate surface area is 95.5 Å². The minimum absolute atomic E-state index is 0.0633. The molecule has 0 aromatic heterocycles. The van der Waals surface area contributed by atoms with Gasteiger partial charge in [-0.1, -0.05) is 18.7 Å². The molecule has 0 atom stereocenters. The van der Waals surface area contributed by atoms with Crippen LogP contribution >= 0.6 is 11.6 Å². The van der Waals surface area contributed by atoms with Gasteiger partial charge in [-0.25, -0.2) is 0 Å². The fourth-order valence-electron chi connectivity index (χ4n) is 1.36. The average molecular weight is 249 g/mol. The van der Waals surface area contributed by atoms with Gasteiger partial charge in [0.1, 0.15) is 0 Å². The summed E-state index contributed by atoms with van der Waals surface area (Å²) in [5.41, 5.74) is -0.716. The van der Waals surface area contributed by atoms with Crippen molar-refractivity contribution < 1.29 is 18.0 Å². The summed E-state index contributed by atoms with van der Waals surface area (Å²) in [6.45, 7) is 4.82. The monoisotopic (exact) mass is 248 g/mol. The molecule has 0 amide bonds. The van der Waals surface area contributed by atoms with Crippen LogP contribution in [-0.2, 0) is 6.18 Å². The minimum Gasteiger partial charge on any atom is -0.276 e. The van der Waals surface area contributed by atoms with Gasteiger partial charge in [0.05, 0.1) is 5.56 Å². The van der Waals surface area contributed by atoms with Crippen molar-refractivity contribution in [3.8, 4) is 0 Å². The quantitative estimate of drug-likeness (QED) is 0.722. The Hall–Kier alpha value is -1.29. The van der Waals surface area contributed by atoms with E-state index in [0.29, 0.717) is 5.56 Å². The van der Waals surface area contributed by atoms with E-state index in [-0.39, 0.29) is 11.1 Å². The van der Waals surface area contributed by atoms with Gasteiger partial charge in [-0.3, -0.25) is 4.79 Å². The summed E-state index contributed by atoms with van der Waals surface area (Å²) >= 11 is 5.19. The molecule has 1 rings (SSSR count). The molecule has 1 nitrogen and oxygen atoms in total. The van der Waals surface area contributed by atoms with E-state index in [1.54, 1.807) is 0 Å². The Morgan fingerprint density at radius 3 is 2.38 bits per heavy atom. The molecule has 0 fully saturated rings. The molecule has 0 N–H and O–H groups in total. The van der Waals surface area contributed by atoms with Crippen LogP contribution in [0, 0.1) is 6.92 Å². The summed E-state index contributed by atoms with van der Waals surface area (Å²) in [5.74, 6) is 0. The van der Waals surface area contributed by atoms with Crippen LogP contribution < -0.4 is 0 Å². The van der Waals surface area contributed by atoms with Crippen molar-refractivity contribution >= 4 is 22.9 Å². The molecule has 0 aliphatic heterocycles. The number of hydrogen-bond acceptors (Lipinski definition) is 1. The topological polar surface area (TPSA) is 17.1 Å². The summed E-state index contributed by atoms with van der Waals surface area (Å²) in [5, 5.41) is -0.904. The Morgan fingerprint density at radius 1 is 1.44 bits per heavy atom. The van der Waals surface area contributed by atoms with Crippen molar-refractivity contribution in [2.24, 2.45) is 0 Å². The molecule has 0 spiro atoms. The molecule has 0 saturated heterocycles. The smallest absolute Gasteiger partial charge is 0.276 e. The number of hydrogen-bond donors (Lipinski definition) is 0. The lowest BCUT2D eigenvalue weighted by Gasteiger charge is -2.13. The highest BCUT2D eigenvalue weighted by Crippen LogP contribution is 2.34. The normalized spacial score (nSPS) is 11.3. The van der Waals surface area contributed by atoms with Crippen molar-refractivity contribution in [1.82, 2.24) is 0 Å². The SMILES string of the molecule is C=Cc1cc(C)c(C(=O)Cl)cc1C(F)(F)F. The second-order valence-electron chi connectivity index (χ2n) is 3.23. The Balaban J connectivity index is 3.53. The van der Waals surface area contributed by atoms with Crippen LogP contribution in [-0.4, -0.2) is 5.24 Å². The van der Waals surface area contributed by atoms with Gasteiger partial charge >= 0.3 is 6.18 Å². The van der Waals surface area contributed by atoms with E-state index < -0.39 is 17.0 Å². The van der Waals surface area contributed by atoms with Crippen molar-refractivity contribution in [3.63, 3.8) is 0 Å². The number of alkyl halides is 3. The molecule has 16 heavy (non-hydrogen) atoms. The van der Waals surface area contributed by atoms with Gasteiger partial charge in [0.15, 0.2) is 0 Å². The van der Waals surface area contributed by atoms with Gasteiger partial charge in [-0.05, 0) is 35.7 Å². The van der Waals surface area contributed by atoms with Crippen molar-refractivity contribution in [2.75, 3.05) is 0 Å². The van der Waals surface area contributed by atoms with E-state index in [1.807, 2.05) is 0 Å². The zero-order valence-corrected chi connectivity index (χ0v) is 9.12. The van der Waals surface area contributed by atoms with Crippen LogP contribution in [0.2, 0.25) is 0 Å². The predicted octanol–water partition coefficient (Wildman–Crippen LogP) is 4.04. The fourth-order valence-corrected chi connectivity index (χ4v) is 1.56. The molecule has 0 heterocycles. The highest BCUT2D eigenvalue weighted by Gasteiger charge is 2.33. The van der Waals surface area contributed by atoms with Crippen molar-refractivity contribution in [2.45, 2.75) is 13.1 Å². The first-order chi connectivity index (χ1) is 7.27. The summed E-state index contributed by atoms with van der Waals surface area (Å²) in [6.07, 6.45) is -3.43. The van der Waals surface area contributed by atoms with Gasteiger partial charge < -0.3 is 0 Å². The van der Waals surface area contributed by atoms with Crippen molar-refractivity contribution in [3.05, 3.63) is 41.0 Å². The standard InChI is InChI=1S/C11H8ClF3O/c1-3-7-4-6(2)8(10(12)16)5-9(7)11(13,14)15/h3-5H,1H2,2H3. The minimum atomic E-state index is -4.53. The predicted molar refractivity (Wildman–Crippen MR) is 56.5 cm³/mol. The van der Waals surface area contributed by atoms with Crippen molar-refractivity contribution in [1.29, 1.82) is 0 Å². The van der Waals surface area contributed by atoms with E-state index in [9.17, 15) is 18.0 Å². The molecule has 0 radical (unpaired) electrons. The zero-order valence-electron chi connectivity index (χ0n) is 8.36. The summed E-state index contributed by atoms with van der Waals surface area (Å²) < 4.78 is 37.8. The molecule has 0 aliphatic rings. The number of rotatable bonds is 2. The molecular weight excluding hydrogens is 241 g/mol. The number of aryl methyl sites for hydroxylation is 1. The van der Waals surface area contributed by atoms with Crippen LogP contribution in [0.25, 0.3) is 6.08 Å². The summed E-state index contributed by atoms with van der Waals surface area (Å²) in [6, 6.07) is 1.99. The van der Waals surface area contributed by atoms with Crippen LogP contribution in [0.1, 0.15) is 27.0 Å². The molecule has 0 bridgehead atoms.